The molecule has 0 aliphatic rings. The molecule has 0 aromatic heterocycles. The summed E-state index contributed by atoms with van der Waals surface area (Å²) in [6, 6.07) is 4.21. The zero-order valence-corrected chi connectivity index (χ0v) is 18.9. The van der Waals surface area contributed by atoms with Gasteiger partial charge in [0.15, 0.2) is 6.61 Å². The molecular weight excluding hydrogens is 473 g/mol. The first kappa shape index (κ1) is 29.7. The van der Waals surface area contributed by atoms with Crippen LogP contribution in [0.25, 0.3) is 0 Å². The van der Waals surface area contributed by atoms with E-state index in [1.54, 1.807) is 0 Å². The second-order valence-corrected chi connectivity index (χ2v) is 7.89. The monoisotopic (exact) mass is 502 g/mol. The number of unbranched alkanes of at least 4 members (excludes halogenated alkanes) is 8. The van der Waals surface area contributed by atoms with Crippen molar-refractivity contribution < 1.29 is 49.8 Å². The number of ether oxygens (including phenoxy) is 2. The lowest BCUT2D eigenvalue weighted by atomic mass is 10.1. The molecule has 0 spiro atoms. The van der Waals surface area contributed by atoms with Crippen LogP contribution < -0.4 is 0 Å². The van der Waals surface area contributed by atoms with Gasteiger partial charge in [0.2, 0.25) is 0 Å². The minimum atomic E-state index is -6.51. The fourth-order valence-corrected chi connectivity index (χ4v) is 2.94. The van der Waals surface area contributed by atoms with Crippen molar-refractivity contribution >= 4 is 11.9 Å². The van der Waals surface area contributed by atoms with E-state index in [0.717, 1.165) is 43.5 Å². The van der Waals surface area contributed by atoms with E-state index in [2.05, 4.69) is 11.7 Å². The van der Waals surface area contributed by atoms with Crippen molar-refractivity contribution in [3.05, 3.63) is 35.4 Å². The van der Waals surface area contributed by atoms with Gasteiger partial charge in [-0.25, -0.2) is 9.59 Å². The number of alkyl halides is 7. The number of carbonyl (C=O) groups excluding carboxylic acids is 2. The van der Waals surface area contributed by atoms with Crippen molar-refractivity contribution in [3.8, 4) is 0 Å². The zero-order chi connectivity index (χ0) is 25.8. The predicted octanol–water partition coefficient (Wildman–Crippen LogP) is 7.36. The molecule has 0 saturated heterocycles. The first-order valence-corrected chi connectivity index (χ1v) is 11.1. The van der Waals surface area contributed by atoms with E-state index >= 15 is 0 Å². The van der Waals surface area contributed by atoms with Crippen molar-refractivity contribution in [2.24, 2.45) is 0 Å². The Labute approximate surface area is 193 Å². The Bertz CT molecular complexity index is 762. The van der Waals surface area contributed by atoms with Gasteiger partial charge < -0.3 is 9.47 Å². The smallest absolute Gasteiger partial charge is 0.460 e. The van der Waals surface area contributed by atoms with E-state index in [1.807, 2.05) is 0 Å². The van der Waals surface area contributed by atoms with Crippen LogP contribution in [-0.2, 0) is 9.47 Å². The quantitative estimate of drug-likeness (QED) is 0.143. The number of rotatable bonds is 15. The molecule has 0 atom stereocenters. The molecule has 34 heavy (non-hydrogen) atoms. The van der Waals surface area contributed by atoms with Gasteiger partial charge in [0.25, 0.3) is 0 Å². The van der Waals surface area contributed by atoms with Crippen LogP contribution in [-0.4, -0.2) is 43.2 Å². The molecular formula is C23H29F7O4. The minimum absolute atomic E-state index is 0.0430. The molecule has 0 radical (unpaired) electrons. The van der Waals surface area contributed by atoms with Crippen LogP contribution >= 0.6 is 0 Å². The molecule has 0 aliphatic carbocycles. The van der Waals surface area contributed by atoms with E-state index in [4.69, 9.17) is 4.74 Å². The van der Waals surface area contributed by atoms with Gasteiger partial charge in [-0.1, -0.05) is 58.3 Å². The molecule has 0 saturated carbocycles. The van der Waals surface area contributed by atoms with Crippen LogP contribution in [0.3, 0.4) is 0 Å². The highest BCUT2D eigenvalue weighted by Gasteiger charge is 2.73. The van der Waals surface area contributed by atoms with Crippen LogP contribution in [0.1, 0.15) is 85.4 Å². The lowest BCUT2D eigenvalue weighted by molar-refractivity contribution is -0.359. The first-order chi connectivity index (χ1) is 15.8. The Balaban J connectivity index is 2.40. The number of carbonyl (C=O) groups is 2. The van der Waals surface area contributed by atoms with Crippen LogP contribution in [0.2, 0.25) is 0 Å². The zero-order valence-electron chi connectivity index (χ0n) is 18.9. The predicted molar refractivity (Wildman–Crippen MR) is 110 cm³/mol. The van der Waals surface area contributed by atoms with Crippen LogP contribution in [0.15, 0.2) is 24.3 Å². The molecule has 0 heterocycles. The standard InChI is InChI=1S/C23H29F7O4/c1-2-3-4-5-6-7-8-9-10-15-33-19(31)17-11-13-18(14-12-17)20(32)34-16-21(24,25)22(26,27)23(28,29)30/h11-14H,2-10,15-16H2,1H3. The van der Waals surface area contributed by atoms with Crippen molar-refractivity contribution in [1.82, 2.24) is 0 Å². The SMILES string of the molecule is CCCCCCCCCCCOC(=O)c1ccc(C(=O)OCC(F)(F)C(F)(F)C(F)(F)F)cc1. The molecule has 1 aromatic rings. The summed E-state index contributed by atoms with van der Waals surface area (Å²) >= 11 is 0. The topological polar surface area (TPSA) is 52.6 Å². The maximum Gasteiger partial charge on any atom is 0.460 e. The third-order valence-electron chi connectivity index (χ3n) is 5.04. The number of hydrogen-bond donors (Lipinski definition) is 0. The molecule has 0 aliphatic heterocycles. The Kier molecular flexibility index (Phi) is 11.8. The van der Waals surface area contributed by atoms with E-state index in [9.17, 15) is 40.3 Å². The number of hydrogen-bond acceptors (Lipinski definition) is 4. The third kappa shape index (κ3) is 9.13. The van der Waals surface area contributed by atoms with Crippen LogP contribution in [0, 0.1) is 0 Å². The van der Waals surface area contributed by atoms with E-state index < -0.39 is 42.1 Å². The minimum Gasteiger partial charge on any atom is -0.462 e. The molecule has 194 valence electrons. The van der Waals surface area contributed by atoms with Gasteiger partial charge in [-0.05, 0) is 30.7 Å². The normalized spacial score (nSPS) is 12.5. The van der Waals surface area contributed by atoms with Crippen LogP contribution in [0.5, 0.6) is 0 Å². The Morgan fingerprint density at radius 2 is 1.09 bits per heavy atom. The van der Waals surface area contributed by atoms with Gasteiger partial charge in [0.1, 0.15) is 0 Å². The Morgan fingerprint density at radius 1 is 0.676 bits per heavy atom. The molecule has 0 amide bonds. The second kappa shape index (κ2) is 13.5. The van der Waals surface area contributed by atoms with E-state index in [0.29, 0.717) is 6.42 Å². The summed E-state index contributed by atoms with van der Waals surface area (Å²) in [5.41, 5.74) is -0.372. The van der Waals surface area contributed by atoms with Crippen LogP contribution in [0.4, 0.5) is 30.7 Å². The molecule has 1 aromatic carbocycles. The maximum absolute atomic E-state index is 13.2. The average molecular weight is 502 g/mol. The summed E-state index contributed by atoms with van der Waals surface area (Å²) in [7, 11) is 0. The van der Waals surface area contributed by atoms with Gasteiger partial charge in [0.05, 0.1) is 17.7 Å². The van der Waals surface area contributed by atoms with Crippen molar-refractivity contribution in [2.45, 2.75) is 82.7 Å². The van der Waals surface area contributed by atoms with E-state index in [-0.39, 0.29) is 12.2 Å². The average Bonchev–Trinajstić information content (AvgIpc) is 2.77. The summed E-state index contributed by atoms with van der Waals surface area (Å²) < 4.78 is 97.4. The van der Waals surface area contributed by atoms with Crippen molar-refractivity contribution in [2.75, 3.05) is 13.2 Å². The highest BCUT2D eigenvalue weighted by Crippen LogP contribution is 2.46. The maximum atomic E-state index is 13.2. The summed E-state index contributed by atoms with van der Waals surface area (Å²) in [6.45, 7) is -0.118. The molecule has 0 fully saturated rings. The lowest BCUT2D eigenvalue weighted by Crippen LogP contribution is -2.54. The number of esters is 2. The third-order valence-corrected chi connectivity index (χ3v) is 5.04. The van der Waals surface area contributed by atoms with Gasteiger partial charge in [-0.2, -0.15) is 30.7 Å². The van der Waals surface area contributed by atoms with Gasteiger partial charge >= 0.3 is 30.0 Å². The molecule has 0 unspecified atom stereocenters. The van der Waals surface area contributed by atoms with Crippen molar-refractivity contribution in [3.63, 3.8) is 0 Å². The summed E-state index contributed by atoms with van der Waals surface area (Å²) in [6.07, 6.45) is 3.31. The van der Waals surface area contributed by atoms with Gasteiger partial charge in [-0.3, -0.25) is 0 Å². The first-order valence-electron chi connectivity index (χ1n) is 11.1. The number of halogens is 7. The number of benzene rings is 1. The van der Waals surface area contributed by atoms with E-state index in [1.165, 1.54) is 32.1 Å². The highest BCUT2D eigenvalue weighted by molar-refractivity contribution is 5.93. The summed E-state index contributed by atoms with van der Waals surface area (Å²) in [4.78, 5) is 23.7. The van der Waals surface area contributed by atoms with Gasteiger partial charge in [-0.15, -0.1) is 0 Å². The molecule has 11 heteroatoms. The fraction of sp³-hybridized carbons (Fsp3) is 0.652. The van der Waals surface area contributed by atoms with Crippen molar-refractivity contribution in [1.29, 1.82) is 0 Å². The molecule has 0 bridgehead atoms. The fourth-order valence-electron chi connectivity index (χ4n) is 2.94. The highest BCUT2D eigenvalue weighted by atomic mass is 19.4. The summed E-state index contributed by atoms with van der Waals surface area (Å²) in [5.74, 6) is -14.3. The molecule has 1 rings (SSSR count). The lowest BCUT2D eigenvalue weighted by Gasteiger charge is -2.27. The molecule has 4 nitrogen and oxygen atoms in total. The second-order valence-electron chi connectivity index (χ2n) is 7.89. The Morgan fingerprint density at radius 3 is 1.53 bits per heavy atom. The largest absolute Gasteiger partial charge is 0.462 e. The molecule has 0 N–H and O–H groups in total. The summed E-state index contributed by atoms with van der Waals surface area (Å²) in [5, 5.41) is 0. The Hall–Kier alpha value is -2.33. The van der Waals surface area contributed by atoms with Gasteiger partial charge in [0, 0.05) is 0 Å².